The van der Waals surface area contributed by atoms with Crippen molar-refractivity contribution in [3.63, 3.8) is 0 Å². The fourth-order valence-corrected chi connectivity index (χ4v) is 1.90. The molecule has 1 heterocycles. The Bertz CT molecular complexity index is 306. The topological polar surface area (TPSA) is 53.6 Å². The van der Waals surface area contributed by atoms with Gasteiger partial charge >= 0.3 is 0 Å². The van der Waals surface area contributed by atoms with Crippen LogP contribution in [0.15, 0.2) is 33.4 Å². The van der Waals surface area contributed by atoms with E-state index in [9.17, 15) is 5.11 Å². The summed E-state index contributed by atoms with van der Waals surface area (Å²) in [5, 5.41) is 18.4. The molecule has 1 unspecified atom stereocenters. The Balaban J connectivity index is 2.30. The van der Waals surface area contributed by atoms with Crippen molar-refractivity contribution in [3.05, 3.63) is 34.7 Å². The van der Waals surface area contributed by atoms with Crippen LogP contribution in [0, 0.1) is 0 Å². The van der Waals surface area contributed by atoms with Crippen LogP contribution in [0.25, 0.3) is 0 Å². The van der Waals surface area contributed by atoms with E-state index in [2.05, 4.69) is 15.9 Å². The van der Waals surface area contributed by atoms with Crippen LogP contribution in [0.2, 0.25) is 0 Å². The molecule has 0 fully saturated rings. The lowest BCUT2D eigenvalue weighted by molar-refractivity contribution is 0.152. The molecule has 0 aliphatic carbocycles. The van der Waals surface area contributed by atoms with Crippen LogP contribution in [0.1, 0.15) is 37.5 Å². The first-order valence-corrected chi connectivity index (χ1v) is 6.20. The Morgan fingerprint density at radius 3 is 2.94 bits per heavy atom. The van der Waals surface area contributed by atoms with Crippen molar-refractivity contribution in [1.29, 1.82) is 0 Å². The smallest absolute Gasteiger partial charge is 0.132 e. The van der Waals surface area contributed by atoms with Gasteiger partial charge in [-0.15, -0.1) is 0 Å². The maximum atomic E-state index is 9.78. The number of halogens is 1. The Kier molecular flexibility index (Phi) is 6.45. The minimum absolute atomic E-state index is 0.237. The zero-order chi connectivity index (χ0) is 11.8. The van der Waals surface area contributed by atoms with Crippen LogP contribution in [-0.4, -0.2) is 16.8 Å². The maximum Gasteiger partial charge on any atom is 0.132 e. The van der Waals surface area contributed by atoms with Gasteiger partial charge in [0.25, 0.3) is 0 Å². The van der Waals surface area contributed by atoms with Crippen LogP contribution in [0.4, 0.5) is 0 Å². The third-order valence-electron chi connectivity index (χ3n) is 2.24. The molecule has 0 radical (unpaired) electrons. The molecule has 90 valence electrons. The molecule has 1 aromatic rings. The fourth-order valence-electron chi connectivity index (χ4n) is 1.36. The highest BCUT2D eigenvalue weighted by molar-refractivity contribution is 9.11. The normalized spacial score (nSPS) is 14.1. The van der Waals surface area contributed by atoms with Gasteiger partial charge in [-0.3, -0.25) is 0 Å². The second-order valence-corrected chi connectivity index (χ2v) is 4.62. The van der Waals surface area contributed by atoms with Crippen molar-refractivity contribution >= 4 is 15.9 Å². The summed E-state index contributed by atoms with van der Waals surface area (Å²) in [6.45, 7) is 0.237. The van der Waals surface area contributed by atoms with E-state index in [0.717, 1.165) is 23.7 Å². The fraction of sp³-hybridized carbons (Fsp3) is 0.500. The number of furan rings is 1. The Morgan fingerprint density at radius 2 is 2.31 bits per heavy atom. The van der Waals surface area contributed by atoms with E-state index in [4.69, 9.17) is 9.52 Å². The molecule has 1 atom stereocenters. The molecule has 0 amide bonds. The van der Waals surface area contributed by atoms with Crippen molar-refractivity contribution in [2.45, 2.75) is 31.8 Å². The SMILES string of the molecule is OCCCC/C=C(\Br)CC(O)c1ccco1. The summed E-state index contributed by atoms with van der Waals surface area (Å²) in [6.07, 6.45) is 6.19. The number of rotatable bonds is 7. The molecule has 4 heteroatoms. The highest BCUT2D eigenvalue weighted by atomic mass is 79.9. The average molecular weight is 289 g/mol. The van der Waals surface area contributed by atoms with E-state index in [-0.39, 0.29) is 6.61 Å². The first kappa shape index (κ1) is 13.5. The third-order valence-corrected chi connectivity index (χ3v) is 2.89. The van der Waals surface area contributed by atoms with Crippen LogP contribution >= 0.6 is 15.9 Å². The number of hydrogen-bond acceptors (Lipinski definition) is 3. The van der Waals surface area contributed by atoms with Gasteiger partial charge in [-0.2, -0.15) is 0 Å². The van der Waals surface area contributed by atoms with Crippen molar-refractivity contribution < 1.29 is 14.6 Å². The number of aliphatic hydroxyl groups is 2. The van der Waals surface area contributed by atoms with Crippen LogP contribution in [0.3, 0.4) is 0 Å². The number of aliphatic hydroxyl groups excluding tert-OH is 2. The minimum atomic E-state index is -0.599. The van der Waals surface area contributed by atoms with Gasteiger partial charge in [0, 0.05) is 13.0 Å². The van der Waals surface area contributed by atoms with E-state index >= 15 is 0 Å². The van der Waals surface area contributed by atoms with E-state index < -0.39 is 6.10 Å². The Hall–Kier alpha value is -0.580. The standard InChI is InChI=1S/C12H17BrO3/c13-10(5-2-1-3-7-14)9-11(15)12-6-4-8-16-12/h4-6,8,11,14-15H,1-3,7,9H2/b10-5-. The molecule has 0 aliphatic rings. The third kappa shape index (κ3) is 4.96. The molecule has 0 aromatic carbocycles. The maximum absolute atomic E-state index is 9.78. The first-order chi connectivity index (χ1) is 7.74. The van der Waals surface area contributed by atoms with Crippen LogP contribution in [-0.2, 0) is 0 Å². The lowest BCUT2D eigenvalue weighted by atomic mass is 10.1. The molecule has 0 bridgehead atoms. The summed E-state index contributed by atoms with van der Waals surface area (Å²) in [5.74, 6) is 0.584. The monoisotopic (exact) mass is 288 g/mol. The molecule has 0 saturated heterocycles. The molecule has 0 spiro atoms. The molecule has 3 nitrogen and oxygen atoms in total. The highest BCUT2D eigenvalue weighted by Crippen LogP contribution is 2.24. The molecule has 0 aliphatic heterocycles. The molecular weight excluding hydrogens is 272 g/mol. The quantitative estimate of drug-likeness (QED) is 0.758. The summed E-state index contributed by atoms with van der Waals surface area (Å²) >= 11 is 3.41. The van der Waals surface area contributed by atoms with Crippen LogP contribution in [0.5, 0.6) is 0 Å². The Labute approximate surface area is 104 Å². The predicted octanol–water partition coefficient (Wildman–Crippen LogP) is 3.14. The van der Waals surface area contributed by atoms with Gasteiger partial charge in [0.15, 0.2) is 0 Å². The number of allylic oxidation sites excluding steroid dienone is 1. The van der Waals surface area contributed by atoms with Gasteiger partial charge < -0.3 is 14.6 Å². The van der Waals surface area contributed by atoms with Crippen molar-refractivity contribution in [1.82, 2.24) is 0 Å². The summed E-state index contributed by atoms with van der Waals surface area (Å²) in [4.78, 5) is 0. The zero-order valence-electron chi connectivity index (χ0n) is 9.10. The molecule has 1 rings (SSSR count). The first-order valence-electron chi connectivity index (χ1n) is 5.41. The number of hydrogen-bond donors (Lipinski definition) is 2. The minimum Gasteiger partial charge on any atom is -0.467 e. The molecule has 2 N–H and O–H groups in total. The molecule has 1 aromatic heterocycles. The molecular formula is C12H17BrO3. The summed E-state index contributed by atoms with van der Waals surface area (Å²) < 4.78 is 6.08. The largest absolute Gasteiger partial charge is 0.467 e. The van der Waals surface area contributed by atoms with Crippen molar-refractivity contribution in [2.75, 3.05) is 6.61 Å². The lowest BCUT2D eigenvalue weighted by Crippen LogP contribution is -1.95. The predicted molar refractivity (Wildman–Crippen MR) is 66.2 cm³/mol. The highest BCUT2D eigenvalue weighted by Gasteiger charge is 2.10. The number of unbranched alkanes of at least 4 members (excludes halogenated alkanes) is 2. The Morgan fingerprint density at radius 1 is 1.50 bits per heavy atom. The van der Waals surface area contributed by atoms with Crippen molar-refractivity contribution in [2.24, 2.45) is 0 Å². The summed E-state index contributed by atoms with van der Waals surface area (Å²) in [7, 11) is 0. The molecule has 16 heavy (non-hydrogen) atoms. The van der Waals surface area contributed by atoms with E-state index in [1.165, 1.54) is 0 Å². The van der Waals surface area contributed by atoms with E-state index in [0.29, 0.717) is 12.2 Å². The van der Waals surface area contributed by atoms with Gasteiger partial charge in [-0.05, 0) is 35.9 Å². The second-order valence-electron chi connectivity index (χ2n) is 3.61. The second kappa shape index (κ2) is 7.65. The van der Waals surface area contributed by atoms with Gasteiger partial charge in [0.05, 0.1) is 6.26 Å². The van der Waals surface area contributed by atoms with Gasteiger partial charge in [-0.1, -0.05) is 22.0 Å². The van der Waals surface area contributed by atoms with Crippen LogP contribution < -0.4 is 0 Å². The summed E-state index contributed by atoms with van der Waals surface area (Å²) in [6, 6.07) is 3.52. The zero-order valence-corrected chi connectivity index (χ0v) is 10.7. The average Bonchev–Trinajstić information content (AvgIpc) is 2.77. The lowest BCUT2D eigenvalue weighted by Gasteiger charge is -2.06. The van der Waals surface area contributed by atoms with Gasteiger partial charge in [-0.25, -0.2) is 0 Å². The van der Waals surface area contributed by atoms with E-state index in [1.807, 2.05) is 6.08 Å². The molecule has 0 saturated carbocycles. The van der Waals surface area contributed by atoms with Gasteiger partial charge in [0.2, 0.25) is 0 Å². The summed E-state index contributed by atoms with van der Waals surface area (Å²) in [5.41, 5.74) is 0. The van der Waals surface area contributed by atoms with Gasteiger partial charge in [0.1, 0.15) is 11.9 Å². The van der Waals surface area contributed by atoms with Crippen molar-refractivity contribution in [3.8, 4) is 0 Å². The van der Waals surface area contributed by atoms with E-state index in [1.54, 1.807) is 18.4 Å².